The molecule has 4 heterocycles. The molecule has 126 valence electrons. The zero-order chi connectivity index (χ0) is 16.2. The Bertz CT molecular complexity index is 667. The molecule has 0 aromatic carbocycles. The lowest BCUT2D eigenvalue weighted by Crippen LogP contribution is -2.45. The Balaban J connectivity index is 1.38. The highest BCUT2D eigenvalue weighted by atomic mass is 16.7. The van der Waals surface area contributed by atoms with Crippen molar-refractivity contribution in [3.8, 4) is 0 Å². The van der Waals surface area contributed by atoms with Gasteiger partial charge in [0.05, 0.1) is 31.6 Å². The van der Waals surface area contributed by atoms with E-state index in [1.54, 1.807) is 12.4 Å². The third kappa shape index (κ3) is 3.29. The van der Waals surface area contributed by atoms with Gasteiger partial charge in [0.25, 0.3) is 0 Å². The largest absolute Gasteiger partial charge is 0.363 e. The highest BCUT2D eigenvalue weighted by molar-refractivity contribution is 5.39. The molecule has 0 unspecified atom stereocenters. The summed E-state index contributed by atoms with van der Waals surface area (Å²) in [5, 5.41) is 11.5. The van der Waals surface area contributed by atoms with Crippen molar-refractivity contribution >= 4 is 11.8 Å². The van der Waals surface area contributed by atoms with Crippen molar-refractivity contribution in [1.29, 1.82) is 0 Å². The van der Waals surface area contributed by atoms with Gasteiger partial charge in [0.1, 0.15) is 0 Å². The molecule has 0 bridgehead atoms. The molecule has 2 aliphatic rings. The number of hydrogen-bond acceptors (Lipinski definition) is 8. The quantitative estimate of drug-likeness (QED) is 0.897. The number of nitrogens with one attached hydrogen (secondary N) is 1. The van der Waals surface area contributed by atoms with Gasteiger partial charge in [-0.05, 0) is 12.1 Å². The van der Waals surface area contributed by atoms with Crippen molar-refractivity contribution in [3.05, 3.63) is 36.3 Å². The molecule has 2 aromatic heterocycles. The van der Waals surface area contributed by atoms with Crippen molar-refractivity contribution in [3.63, 3.8) is 0 Å². The molecule has 1 N–H and O–H groups in total. The fourth-order valence-electron chi connectivity index (χ4n) is 3.03. The zero-order valence-electron chi connectivity index (χ0n) is 13.4. The monoisotopic (exact) mass is 328 g/mol. The molecule has 8 heteroatoms. The van der Waals surface area contributed by atoms with Crippen molar-refractivity contribution in [2.45, 2.75) is 25.2 Å². The number of nitrogens with zero attached hydrogens (tertiary/aromatic N) is 5. The van der Waals surface area contributed by atoms with Crippen LogP contribution in [-0.2, 0) is 16.0 Å². The van der Waals surface area contributed by atoms with Gasteiger partial charge in [-0.3, -0.25) is 4.98 Å². The maximum atomic E-state index is 5.75. The van der Waals surface area contributed by atoms with Gasteiger partial charge in [0, 0.05) is 32.1 Å². The van der Waals surface area contributed by atoms with Gasteiger partial charge in [0.15, 0.2) is 11.6 Å². The van der Waals surface area contributed by atoms with Crippen molar-refractivity contribution in [2.75, 3.05) is 36.5 Å². The Labute approximate surface area is 140 Å². The van der Waals surface area contributed by atoms with Crippen LogP contribution in [0.2, 0.25) is 0 Å². The third-order valence-corrected chi connectivity index (χ3v) is 4.35. The minimum absolute atomic E-state index is 0.390. The first-order valence-corrected chi connectivity index (χ1v) is 8.19. The van der Waals surface area contributed by atoms with Crippen LogP contribution in [0.5, 0.6) is 0 Å². The molecular weight excluding hydrogens is 308 g/mol. The van der Waals surface area contributed by atoms with Crippen molar-refractivity contribution < 1.29 is 9.47 Å². The first-order chi connectivity index (χ1) is 11.8. The van der Waals surface area contributed by atoms with E-state index in [9.17, 15) is 0 Å². The number of hydrogen-bond donors (Lipinski definition) is 1. The van der Waals surface area contributed by atoms with Crippen LogP contribution in [0.4, 0.5) is 11.8 Å². The van der Waals surface area contributed by atoms with Crippen LogP contribution in [0.1, 0.15) is 18.5 Å². The summed E-state index contributed by atoms with van der Waals surface area (Å²) in [6.45, 7) is 3.57. The van der Waals surface area contributed by atoms with Crippen LogP contribution >= 0.6 is 0 Å². The molecular formula is C16H20N6O2. The molecule has 0 atom stereocenters. The summed E-state index contributed by atoms with van der Waals surface area (Å²) in [5.74, 6) is 0.937. The predicted molar refractivity (Wildman–Crippen MR) is 87.5 cm³/mol. The molecule has 1 spiro atoms. The summed E-state index contributed by atoms with van der Waals surface area (Å²) in [4.78, 5) is 11.0. The number of aromatic nitrogens is 4. The van der Waals surface area contributed by atoms with E-state index in [2.05, 4.69) is 30.4 Å². The lowest BCUT2D eigenvalue weighted by atomic mass is 10.0. The van der Waals surface area contributed by atoms with E-state index in [0.29, 0.717) is 31.5 Å². The van der Waals surface area contributed by atoms with Gasteiger partial charge in [-0.1, -0.05) is 6.07 Å². The average Bonchev–Trinajstić information content (AvgIpc) is 3.10. The van der Waals surface area contributed by atoms with Crippen LogP contribution in [0, 0.1) is 0 Å². The molecule has 0 amide bonds. The van der Waals surface area contributed by atoms with E-state index in [1.807, 2.05) is 18.2 Å². The fourth-order valence-corrected chi connectivity index (χ4v) is 3.03. The van der Waals surface area contributed by atoms with Gasteiger partial charge in [-0.15, -0.1) is 5.10 Å². The molecule has 8 nitrogen and oxygen atoms in total. The number of anilines is 2. The second-order valence-electron chi connectivity index (χ2n) is 5.91. The van der Waals surface area contributed by atoms with E-state index >= 15 is 0 Å². The summed E-state index contributed by atoms with van der Waals surface area (Å²) in [7, 11) is 0. The first kappa shape index (κ1) is 15.2. The summed E-state index contributed by atoms with van der Waals surface area (Å²) in [6.07, 6.45) is 5.04. The molecule has 24 heavy (non-hydrogen) atoms. The van der Waals surface area contributed by atoms with Crippen LogP contribution in [0.3, 0.4) is 0 Å². The molecule has 2 aliphatic heterocycles. The fraction of sp³-hybridized carbons (Fsp3) is 0.500. The molecule has 2 aromatic rings. The van der Waals surface area contributed by atoms with Crippen LogP contribution in [0.15, 0.2) is 30.6 Å². The predicted octanol–water partition coefficient (Wildman–Crippen LogP) is 1.22. The minimum Gasteiger partial charge on any atom is -0.363 e. The topological polar surface area (TPSA) is 85.3 Å². The highest BCUT2D eigenvalue weighted by Gasteiger charge is 2.40. The second-order valence-corrected chi connectivity index (χ2v) is 5.91. The molecule has 0 radical (unpaired) electrons. The summed E-state index contributed by atoms with van der Waals surface area (Å²) >= 11 is 0. The summed E-state index contributed by atoms with van der Waals surface area (Å²) in [6, 6.07) is 5.83. The molecule has 2 saturated heterocycles. The Kier molecular flexibility index (Phi) is 4.22. The Morgan fingerprint density at radius 1 is 1.17 bits per heavy atom. The first-order valence-electron chi connectivity index (χ1n) is 8.19. The smallest absolute Gasteiger partial charge is 0.247 e. The van der Waals surface area contributed by atoms with E-state index in [4.69, 9.17) is 9.47 Å². The van der Waals surface area contributed by atoms with E-state index in [-0.39, 0.29) is 0 Å². The van der Waals surface area contributed by atoms with E-state index < -0.39 is 5.79 Å². The second kappa shape index (κ2) is 6.66. The summed E-state index contributed by atoms with van der Waals surface area (Å²) < 4.78 is 11.5. The minimum atomic E-state index is -0.390. The zero-order valence-corrected chi connectivity index (χ0v) is 13.4. The van der Waals surface area contributed by atoms with E-state index in [1.165, 1.54) is 0 Å². The maximum absolute atomic E-state index is 5.75. The normalized spacial score (nSPS) is 19.6. The Hall–Kier alpha value is -2.32. The van der Waals surface area contributed by atoms with Gasteiger partial charge in [0.2, 0.25) is 5.95 Å². The van der Waals surface area contributed by atoms with E-state index in [0.717, 1.165) is 31.6 Å². The third-order valence-electron chi connectivity index (χ3n) is 4.35. The lowest BCUT2D eigenvalue weighted by Gasteiger charge is -2.37. The number of piperidine rings is 1. The standard InChI is InChI=1S/C16H20N6O2/c1-2-6-17-13(3-1)11-18-14-12-19-21-15(20-14)22-7-4-16(5-8-22)23-9-10-24-16/h1-3,6,12H,4-5,7-11H2,(H,18,20,21). The number of pyridine rings is 1. The van der Waals surface area contributed by atoms with Crippen LogP contribution in [-0.4, -0.2) is 52.3 Å². The van der Waals surface area contributed by atoms with Gasteiger partial charge in [-0.2, -0.15) is 10.1 Å². The number of rotatable bonds is 4. The molecule has 4 rings (SSSR count). The lowest BCUT2D eigenvalue weighted by molar-refractivity contribution is -0.169. The molecule has 0 aliphatic carbocycles. The molecule has 0 saturated carbocycles. The average molecular weight is 328 g/mol. The highest BCUT2D eigenvalue weighted by Crippen LogP contribution is 2.32. The Morgan fingerprint density at radius 2 is 2.00 bits per heavy atom. The van der Waals surface area contributed by atoms with Crippen molar-refractivity contribution in [2.24, 2.45) is 0 Å². The SMILES string of the molecule is c1ccc(CNc2cnnc(N3CCC4(CC3)OCCO4)n2)nc1. The van der Waals surface area contributed by atoms with Gasteiger partial charge < -0.3 is 19.7 Å². The van der Waals surface area contributed by atoms with Gasteiger partial charge in [-0.25, -0.2) is 0 Å². The Morgan fingerprint density at radius 3 is 2.75 bits per heavy atom. The summed E-state index contributed by atoms with van der Waals surface area (Å²) in [5.41, 5.74) is 0.952. The van der Waals surface area contributed by atoms with Crippen LogP contribution in [0.25, 0.3) is 0 Å². The number of ether oxygens (including phenoxy) is 2. The maximum Gasteiger partial charge on any atom is 0.247 e. The van der Waals surface area contributed by atoms with Crippen LogP contribution < -0.4 is 10.2 Å². The van der Waals surface area contributed by atoms with Crippen molar-refractivity contribution in [1.82, 2.24) is 20.2 Å². The van der Waals surface area contributed by atoms with Gasteiger partial charge >= 0.3 is 0 Å². The molecule has 2 fully saturated rings.